The summed E-state index contributed by atoms with van der Waals surface area (Å²) in [6.45, 7) is 1.37. The number of hydrogen-bond acceptors (Lipinski definition) is 3. The number of unbranched alkanes of at least 4 members (excludes halogenated alkanes) is 1. The van der Waals surface area contributed by atoms with Crippen LogP contribution in [0, 0.1) is 0 Å². The Labute approximate surface area is 255 Å². The fourth-order valence-electron chi connectivity index (χ4n) is 6.59. The summed E-state index contributed by atoms with van der Waals surface area (Å²) in [6, 6.07) is 17.9. The van der Waals surface area contributed by atoms with E-state index in [0.29, 0.717) is 53.9 Å². The molecule has 3 aromatic rings. The Hall–Kier alpha value is -4.09. The molecule has 0 aromatic heterocycles. The third-order valence-corrected chi connectivity index (χ3v) is 9.02. The number of halogens is 7. The topological polar surface area (TPSA) is 52.7 Å². The van der Waals surface area contributed by atoms with Gasteiger partial charge in [0.25, 0.3) is 5.91 Å². The van der Waals surface area contributed by atoms with E-state index in [9.17, 15) is 40.3 Å². The highest BCUT2D eigenvalue weighted by molar-refractivity contribution is 5.99. The van der Waals surface area contributed by atoms with Crippen LogP contribution < -0.4 is 10.2 Å². The number of nitrogens with zero attached hydrogens (tertiary/aromatic N) is 2. The smallest absolute Gasteiger partial charge is 0.367 e. The van der Waals surface area contributed by atoms with Crippen LogP contribution in [0.25, 0.3) is 11.1 Å². The van der Waals surface area contributed by atoms with E-state index >= 15 is 0 Å². The van der Waals surface area contributed by atoms with E-state index in [1.807, 2.05) is 42.2 Å². The summed E-state index contributed by atoms with van der Waals surface area (Å²) in [4.78, 5) is 30.5. The van der Waals surface area contributed by atoms with E-state index in [4.69, 9.17) is 0 Å². The zero-order valence-corrected chi connectivity index (χ0v) is 24.2. The van der Waals surface area contributed by atoms with Crippen molar-refractivity contribution >= 4 is 17.5 Å². The monoisotopic (exact) mass is 633 g/mol. The fraction of sp³-hybridized carbons (Fsp3) is 0.394. The third kappa shape index (κ3) is 5.02. The molecule has 3 aromatic carbocycles. The summed E-state index contributed by atoms with van der Waals surface area (Å²) < 4.78 is 93.7. The number of fused-ring (bicyclic) bond motifs is 4. The molecule has 0 spiro atoms. The number of hydrogen-bond donors (Lipinski definition) is 1. The second-order valence-corrected chi connectivity index (χ2v) is 11.8. The standard InChI is InChI=1S/C33H30F7N3O2/c1-2-3-9-25-26(42-16-20(17-42)43-15-19-8-4-5-10-21(19)30(43)45)14-13-24-22-11-6-7-12-23(22)28(27(24)25)29(44)41-18-31(34,35)32(36,37)33(38,39)40/h4-8,10-14,20,28H,2-3,9,15-18H2,1H3,(H,41,44). The van der Waals surface area contributed by atoms with E-state index in [-0.39, 0.29) is 11.9 Å². The molecular formula is C33H30F7N3O2. The molecule has 2 amide bonds. The summed E-state index contributed by atoms with van der Waals surface area (Å²) in [5.41, 5.74) is 5.55. The number of alkyl halides is 7. The first-order chi connectivity index (χ1) is 21.3. The van der Waals surface area contributed by atoms with Gasteiger partial charge in [-0.15, -0.1) is 0 Å². The Bertz CT molecular complexity index is 1650. The molecule has 6 rings (SSSR count). The van der Waals surface area contributed by atoms with Gasteiger partial charge in [-0.2, -0.15) is 30.7 Å². The molecule has 1 fully saturated rings. The molecule has 0 radical (unpaired) electrons. The number of nitrogens with one attached hydrogen (secondary N) is 1. The average molecular weight is 634 g/mol. The van der Waals surface area contributed by atoms with Gasteiger partial charge in [0.2, 0.25) is 5.91 Å². The molecule has 5 nitrogen and oxygen atoms in total. The second kappa shape index (κ2) is 11.1. The van der Waals surface area contributed by atoms with Crippen LogP contribution in [0.2, 0.25) is 0 Å². The van der Waals surface area contributed by atoms with E-state index in [2.05, 4.69) is 4.90 Å². The van der Waals surface area contributed by atoms with Gasteiger partial charge in [-0.3, -0.25) is 9.59 Å². The number of rotatable bonds is 9. The van der Waals surface area contributed by atoms with Crippen LogP contribution in [0.3, 0.4) is 0 Å². The van der Waals surface area contributed by atoms with E-state index in [1.165, 1.54) is 0 Å². The maximum atomic E-state index is 14.2. The molecule has 1 unspecified atom stereocenters. The van der Waals surface area contributed by atoms with Crippen molar-refractivity contribution in [2.24, 2.45) is 0 Å². The lowest BCUT2D eigenvalue weighted by Crippen LogP contribution is -2.59. The van der Waals surface area contributed by atoms with E-state index in [0.717, 1.165) is 29.7 Å². The van der Waals surface area contributed by atoms with Gasteiger partial charge in [-0.05, 0) is 58.4 Å². The van der Waals surface area contributed by atoms with Gasteiger partial charge in [0.15, 0.2) is 0 Å². The predicted octanol–water partition coefficient (Wildman–Crippen LogP) is 6.94. The van der Waals surface area contributed by atoms with Gasteiger partial charge in [0.1, 0.15) is 0 Å². The quantitative estimate of drug-likeness (QED) is 0.260. The van der Waals surface area contributed by atoms with Crippen molar-refractivity contribution in [1.82, 2.24) is 10.2 Å². The highest BCUT2D eigenvalue weighted by Gasteiger charge is 2.72. The zero-order valence-electron chi connectivity index (χ0n) is 24.2. The van der Waals surface area contributed by atoms with Crippen molar-refractivity contribution < 1.29 is 40.3 Å². The largest absolute Gasteiger partial charge is 0.459 e. The first-order valence-corrected chi connectivity index (χ1v) is 14.8. The summed E-state index contributed by atoms with van der Waals surface area (Å²) in [5, 5.41) is 1.72. The van der Waals surface area contributed by atoms with Crippen LogP contribution in [0.5, 0.6) is 0 Å². The van der Waals surface area contributed by atoms with Gasteiger partial charge < -0.3 is 15.1 Å². The van der Waals surface area contributed by atoms with E-state index < -0.39 is 36.4 Å². The lowest BCUT2D eigenvalue weighted by Gasteiger charge is -2.46. The Kier molecular flexibility index (Phi) is 7.60. The van der Waals surface area contributed by atoms with E-state index in [1.54, 1.807) is 35.6 Å². The van der Waals surface area contributed by atoms with Gasteiger partial charge in [0, 0.05) is 30.9 Å². The summed E-state index contributed by atoms with van der Waals surface area (Å²) in [5.74, 6) is -14.2. The third-order valence-electron chi connectivity index (χ3n) is 9.02. The first-order valence-electron chi connectivity index (χ1n) is 14.8. The number of benzene rings is 3. The van der Waals surface area contributed by atoms with Gasteiger partial charge in [-0.1, -0.05) is 61.9 Å². The average Bonchev–Trinajstić information content (AvgIpc) is 3.49. The first kappa shape index (κ1) is 30.9. The molecule has 3 aliphatic rings. The molecule has 1 N–H and O–H groups in total. The molecule has 1 atom stereocenters. The van der Waals surface area contributed by atoms with Gasteiger partial charge in [0.05, 0.1) is 18.5 Å². The molecular weight excluding hydrogens is 603 g/mol. The normalized spacial score (nSPS) is 18.0. The minimum absolute atomic E-state index is 0.0319. The molecule has 1 saturated heterocycles. The Morgan fingerprint density at radius 2 is 1.56 bits per heavy atom. The van der Waals surface area contributed by atoms with Crippen molar-refractivity contribution in [1.29, 1.82) is 0 Å². The SMILES string of the molecule is CCCCc1c(N2CC(N3Cc4ccccc4C3=O)C2)ccc2c1C(C(=O)NCC(F)(F)C(F)(F)C(F)(F)F)c1ccccc1-2. The molecule has 45 heavy (non-hydrogen) atoms. The molecule has 238 valence electrons. The number of anilines is 1. The summed E-state index contributed by atoms with van der Waals surface area (Å²) in [7, 11) is 0. The molecule has 1 aliphatic carbocycles. The van der Waals surface area contributed by atoms with Crippen LogP contribution in [-0.2, 0) is 17.8 Å². The Balaban J connectivity index is 1.30. The minimum atomic E-state index is -6.49. The lowest BCUT2D eigenvalue weighted by atomic mass is 9.87. The summed E-state index contributed by atoms with van der Waals surface area (Å²) >= 11 is 0. The van der Waals surface area contributed by atoms with Crippen LogP contribution >= 0.6 is 0 Å². The zero-order chi connectivity index (χ0) is 32.3. The molecule has 0 bridgehead atoms. The highest BCUT2D eigenvalue weighted by atomic mass is 19.4. The Morgan fingerprint density at radius 1 is 0.889 bits per heavy atom. The molecule has 12 heteroatoms. The molecule has 2 aliphatic heterocycles. The van der Waals surface area contributed by atoms with Crippen LogP contribution in [0.1, 0.15) is 58.3 Å². The lowest BCUT2D eigenvalue weighted by molar-refractivity contribution is -0.352. The number of carbonyl (C=O) groups excluding carboxylic acids is 2. The fourth-order valence-corrected chi connectivity index (χ4v) is 6.59. The van der Waals surface area contributed by atoms with Crippen molar-refractivity contribution in [3.63, 3.8) is 0 Å². The molecule has 0 saturated carbocycles. The van der Waals surface area contributed by atoms with Crippen molar-refractivity contribution in [3.05, 3.63) is 88.5 Å². The van der Waals surface area contributed by atoms with Gasteiger partial charge in [-0.25, -0.2) is 0 Å². The summed E-state index contributed by atoms with van der Waals surface area (Å²) in [6.07, 6.45) is -4.45. The number of carbonyl (C=O) groups is 2. The highest BCUT2D eigenvalue weighted by Crippen LogP contribution is 2.50. The van der Waals surface area contributed by atoms with Crippen molar-refractivity contribution in [3.8, 4) is 11.1 Å². The Morgan fingerprint density at radius 3 is 2.22 bits per heavy atom. The maximum absolute atomic E-state index is 14.2. The van der Waals surface area contributed by atoms with Crippen LogP contribution in [0.15, 0.2) is 60.7 Å². The maximum Gasteiger partial charge on any atom is 0.459 e. The predicted molar refractivity (Wildman–Crippen MR) is 154 cm³/mol. The van der Waals surface area contributed by atoms with Crippen molar-refractivity contribution in [2.75, 3.05) is 24.5 Å². The van der Waals surface area contributed by atoms with Gasteiger partial charge >= 0.3 is 18.0 Å². The number of amides is 2. The van der Waals surface area contributed by atoms with Crippen LogP contribution in [0.4, 0.5) is 36.4 Å². The van der Waals surface area contributed by atoms with Crippen molar-refractivity contribution in [2.45, 2.75) is 62.7 Å². The van der Waals surface area contributed by atoms with Crippen LogP contribution in [-0.4, -0.2) is 60.4 Å². The second-order valence-electron chi connectivity index (χ2n) is 11.8. The minimum Gasteiger partial charge on any atom is -0.367 e. The molecule has 2 heterocycles.